The largest absolute Gasteiger partial charge is 0.495 e. The number of para-hydroxylation sites is 1. The number of hydrogen-bond acceptors (Lipinski definition) is 6. The van der Waals surface area contributed by atoms with Gasteiger partial charge in [0.1, 0.15) is 10.6 Å². The van der Waals surface area contributed by atoms with Gasteiger partial charge in [-0.3, -0.25) is 4.79 Å². The van der Waals surface area contributed by atoms with Crippen LogP contribution in [-0.2, 0) is 26.0 Å². The van der Waals surface area contributed by atoms with E-state index < -0.39 is 10.0 Å². The summed E-state index contributed by atoms with van der Waals surface area (Å²) in [6.45, 7) is 4.18. The molecule has 2 heterocycles. The average Bonchev–Trinajstić information content (AvgIpc) is 2.85. The van der Waals surface area contributed by atoms with E-state index in [1.54, 1.807) is 18.2 Å². The highest BCUT2D eigenvalue weighted by atomic mass is 32.2. The highest BCUT2D eigenvalue weighted by Gasteiger charge is 2.30. The van der Waals surface area contributed by atoms with E-state index in [-0.39, 0.29) is 23.0 Å². The molecule has 2 aromatic carbocycles. The van der Waals surface area contributed by atoms with Gasteiger partial charge in [0, 0.05) is 45.0 Å². The van der Waals surface area contributed by atoms with Gasteiger partial charge < -0.3 is 19.3 Å². The van der Waals surface area contributed by atoms with Crippen molar-refractivity contribution in [2.75, 3.05) is 64.5 Å². The number of methoxy groups -OCH3 is 1. The lowest BCUT2D eigenvalue weighted by molar-refractivity contribution is -0.130. The third-order valence-corrected chi connectivity index (χ3v) is 7.84. The monoisotopic (exact) mass is 459 g/mol. The van der Waals surface area contributed by atoms with Gasteiger partial charge in [0.2, 0.25) is 15.9 Å². The molecule has 9 heteroatoms. The van der Waals surface area contributed by atoms with Crippen molar-refractivity contribution < 1.29 is 22.7 Å². The van der Waals surface area contributed by atoms with E-state index in [9.17, 15) is 13.2 Å². The summed E-state index contributed by atoms with van der Waals surface area (Å²) in [5.41, 5.74) is 1.82. The highest BCUT2D eigenvalue weighted by Crippen LogP contribution is 2.29. The summed E-state index contributed by atoms with van der Waals surface area (Å²) in [7, 11) is -2.28. The molecule has 8 nitrogen and oxygen atoms in total. The molecule has 172 valence electrons. The van der Waals surface area contributed by atoms with Crippen LogP contribution in [0.3, 0.4) is 0 Å². The van der Waals surface area contributed by atoms with Gasteiger partial charge in [0.25, 0.3) is 0 Å². The Bertz CT molecular complexity index is 1030. The molecule has 0 radical (unpaired) electrons. The topological polar surface area (TPSA) is 79.4 Å². The lowest BCUT2D eigenvalue weighted by Crippen LogP contribution is -2.49. The lowest BCUT2D eigenvalue weighted by Gasteiger charge is -2.36. The predicted molar refractivity (Wildman–Crippen MR) is 122 cm³/mol. The molecule has 4 rings (SSSR count). The minimum Gasteiger partial charge on any atom is -0.495 e. The van der Waals surface area contributed by atoms with Gasteiger partial charge in [0.15, 0.2) is 0 Å². The lowest BCUT2D eigenvalue weighted by atomic mass is 10.1. The standard InChI is InChI=1S/C23H29N3O5S/c1-30-21-8-7-19(17-22(21)32(28,29)26-13-15-31-16-14-26)18-23(27)25-11-9-24(10-12-25)20-5-3-2-4-6-20/h2-8,17H,9-16,18H2,1H3. The highest BCUT2D eigenvalue weighted by molar-refractivity contribution is 7.89. The summed E-state index contributed by atoms with van der Waals surface area (Å²) < 4.78 is 38.3. The number of hydrogen-bond donors (Lipinski definition) is 0. The Labute approximate surface area is 189 Å². The van der Waals surface area contributed by atoms with E-state index in [1.807, 2.05) is 23.1 Å². The number of nitrogens with zero attached hydrogens (tertiary/aromatic N) is 3. The molecular formula is C23H29N3O5S. The first-order valence-corrected chi connectivity index (χ1v) is 12.3. The van der Waals surface area contributed by atoms with Gasteiger partial charge in [-0.2, -0.15) is 4.31 Å². The Balaban J connectivity index is 1.44. The van der Waals surface area contributed by atoms with E-state index in [0.29, 0.717) is 45.0 Å². The Hall–Kier alpha value is -2.62. The van der Waals surface area contributed by atoms with Crippen molar-refractivity contribution in [2.24, 2.45) is 0 Å². The van der Waals surface area contributed by atoms with Crippen molar-refractivity contribution in [1.82, 2.24) is 9.21 Å². The predicted octanol–water partition coefficient (Wildman–Crippen LogP) is 1.61. The van der Waals surface area contributed by atoms with Crippen molar-refractivity contribution in [3.05, 3.63) is 54.1 Å². The van der Waals surface area contributed by atoms with Crippen LogP contribution in [0.25, 0.3) is 0 Å². The summed E-state index contributed by atoms with van der Waals surface area (Å²) >= 11 is 0. The number of amides is 1. The van der Waals surface area contributed by atoms with Gasteiger partial charge in [-0.25, -0.2) is 8.42 Å². The van der Waals surface area contributed by atoms with Crippen molar-refractivity contribution in [1.29, 1.82) is 0 Å². The molecule has 2 aliphatic rings. The van der Waals surface area contributed by atoms with Crippen LogP contribution in [0.4, 0.5) is 5.69 Å². The van der Waals surface area contributed by atoms with E-state index in [4.69, 9.17) is 9.47 Å². The number of rotatable bonds is 6. The fraction of sp³-hybridized carbons (Fsp3) is 0.435. The summed E-state index contributed by atoms with van der Waals surface area (Å²) in [6.07, 6.45) is 0.154. The molecule has 2 aromatic rings. The van der Waals surface area contributed by atoms with Crippen molar-refractivity contribution in [2.45, 2.75) is 11.3 Å². The van der Waals surface area contributed by atoms with Crippen LogP contribution in [0, 0.1) is 0 Å². The molecule has 32 heavy (non-hydrogen) atoms. The molecule has 0 saturated carbocycles. The number of ether oxygens (including phenoxy) is 2. The van der Waals surface area contributed by atoms with Gasteiger partial charge in [0.05, 0.1) is 26.7 Å². The maximum Gasteiger partial charge on any atom is 0.246 e. The molecule has 0 unspecified atom stereocenters. The minimum atomic E-state index is -3.73. The Morgan fingerprint density at radius 2 is 1.66 bits per heavy atom. The Kier molecular flexibility index (Phi) is 6.98. The number of carbonyl (C=O) groups excluding carboxylic acids is 1. The fourth-order valence-electron chi connectivity index (χ4n) is 4.10. The SMILES string of the molecule is COc1ccc(CC(=O)N2CCN(c3ccccc3)CC2)cc1S(=O)(=O)N1CCOCC1. The van der Waals surface area contributed by atoms with Crippen LogP contribution in [0.5, 0.6) is 5.75 Å². The van der Waals surface area contributed by atoms with E-state index in [0.717, 1.165) is 18.8 Å². The fourth-order valence-corrected chi connectivity index (χ4v) is 5.71. The number of morpholine rings is 1. The normalized spacial score (nSPS) is 17.9. The van der Waals surface area contributed by atoms with Crippen LogP contribution in [-0.4, -0.2) is 83.1 Å². The molecule has 2 aliphatic heterocycles. The summed E-state index contributed by atoms with van der Waals surface area (Å²) in [6, 6.07) is 15.1. The van der Waals surface area contributed by atoms with E-state index >= 15 is 0 Å². The second-order valence-corrected chi connectivity index (χ2v) is 9.79. The first-order chi connectivity index (χ1) is 15.5. The van der Waals surface area contributed by atoms with Gasteiger partial charge in [-0.1, -0.05) is 24.3 Å². The van der Waals surface area contributed by atoms with Crippen LogP contribution < -0.4 is 9.64 Å². The Morgan fingerprint density at radius 3 is 2.31 bits per heavy atom. The zero-order valence-corrected chi connectivity index (χ0v) is 19.1. The van der Waals surface area contributed by atoms with Crippen LogP contribution >= 0.6 is 0 Å². The van der Waals surface area contributed by atoms with E-state index in [2.05, 4.69) is 17.0 Å². The third kappa shape index (κ3) is 4.90. The zero-order chi connectivity index (χ0) is 22.6. The molecule has 2 saturated heterocycles. The molecule has 2 fully saturated rings. The van der Waals surface area contributed by atoms with Gasteiger partial charge in [-0.05, 0) is 29.8 Å². The maximum absolute atomic E-state index is 13.2. The maximum atomic E-state index is 13.2. The van der Waals surface area contributed by atoms with Crippen molar-refractivity contribution >= 4 is 21.6 Å². The molecule has 0 N–H and O–H groups in total. The molecule has 0 atom stereocenters. The number of anilines is 1. The van der Waals surface area contributed by atoms with Gasteiger partial charge >= 0.3 is 0 Å². The van der Waals surface area contributed by atoms with Gasteiger partial charge in [-0.15, -0.1) is 0 Å². The Morgan fingerprint density at radius 1 is 0.969 bits per heavy atom. The first-order valence-electron chi connectivity index (χ1n) is 10.8. The zero-order valence-electron chi connectivity index (χ0n) is 18.3. The van der Waals surface area contributed by atoms with Crippen molar-refractivity contribution in [3.63, 3.8) is 0 Å². The molecule has 1 amide bonds. The van der Waals surface area contributed by atoms with E-state index in [1.165, 1.54) is 11.4 Å². The number of benzene rings is 2. The number of sulfonamides is 1. The van der Waals surface area contributed by atoms with Crippen LogP contribution in [0.1, 0.15) is 5.56 Å². The molecular weight excluding hydrogens is 430 g/mol. The third-order valence-electron chi connectivity index (χ3n) is 5.92. The quantitative estimate of drug-likeness (QED) is 0.653. The number of piperazine rings is 1. The molecule has 0 bridgehead atoms. The summed E-state index contributed by atoms with van der Waals surface area (Å²) in [5.74, 6) is 0.279. The smallest absolute Gasteiger partial charge is 0.246 e. The minimum absolute atomic E-state index is 0.00222. The first kappa shape index (κ1) is 22.6. The molecule has 0 spiro atoms. The second-order valence-electron chi connectivity index (χ2n) is 7.88. The summed E-state index contributed by atoms with van der Waals surface area (Å²) in [5, 5.41) is 0. The number of carbonyl (C=O) groups is 1. The van der Waals surface area contributed by atoms with Crippen LogP contribution in [0.15, 0.2) is 53.4 Å². The second kappa shape index (κ2) is 9.89. The molecule has 0 aromatic heterocycles. The van der Waals surface area contributed by atoms with Crippen LogP contribution in [0.2, 0.25) is 0 Å². The molecule has 0 aliphatic carbocycles. The van der Waals surface area contributed by atoms with Crippen molar-refractivity contribution in [3.8, 4) is 5.75 Å². The average molecular weight is 460 g/mol. The summed E-state index contributed by atoms with van der Waals surface area (Å²) in [4.78, 5) is 17.1.